The Balaban J connectivity index is 3.40. The van der Waals surface area contributed by atoms with Crippen LogP contribution in [-0.2, 0) is 0 Å². The third-order valence-corrected chi connectivity index (χ3v) is 1.82. The Morgan fingerprint density at radius 1 is 1.43 bits per heavy atom. The molecule has 0 spiro atoms. The number of hydrogen-bond donors (Lipinski definition) is 1. The van der Waals surface area contributed by atoms with E-state index in [1.54, 1.807) is 18.3 Å². The van der Waals surface area contributed by atoms with Crippen molar-refractivity contribution in [2.75, 3.05) is 5.73 Å². The van der Waals surface area contributed by atoms with E-state index in [-0.39, 0.29) is 6.04 Å². The Morgan fingerprint density at radius 2 is 2.14 bits per heavy atom. The average molecular weight is 192 g/mol. The van der Waals surface area contributed by atoms with E-state index in [4.69, 9.17) is 5.73 Å². The van der Waals surface area contributed by atoms with Crippen LogP contribution in [0.5, 0.6) is 0 Å². The van der Waals surface area contributed by atoms with Crippen LogP contribution in [0.4, 0.5) is 5.69 Å². The molecule has 1 aromatic rings. The first kappa shape index (κ1) is 10.5. The van der Waals surface area contributed by atoms with Crippen LogP contribution in [0.2, 0.25) is 0 Å². The molecule has 0 saturated heterocycles. The number of aryl methyl sites for hydroxylation is 1. The van der Waals surface area contributed by atoms with Crippen LogP contribution in [0, 0.1) is 6.92 Å². The number of hydrogen-bond acceptors (Lipinski definition) is 3. The van der Waals surface area contributed by atoms with Gasteiger partial charge in [0.15, 0.2) is 0 Å². The quantitative estimate of drug-likeness (QED) is 0.739. The third kappa shape index (κ3) is 2.73. The lowest BCUT2D eigenvalue weighted by atomic mass is 10.3. The van der Waals surface area contributed by atoms with Gasteiger partial charge in [0, 0.05) is 17.4 Å². The Bertz CT molecular complexity index is 353. The first-order valence-electron chi connectivity index (χ1n) is 4.62. The smallest absolute Gasteiger partial charge is 0.0513 e. The molecular formula is C10H16N4. The van der Waals surface area contributed by atoms with Gasteiger partial charge in [-0.25, -0.2) is 4.68 Å². The highest BCUT2D eigenvalue weighted by Gasteiger charge is 1.97. The first-order valence-corrected chi connectivity index (χ1v) is 4.62. The molecule has 0 aliphatic heterocycles. The Hall–Kier alpha value is -1.58. The zero-order valence-corrected chi connectivity index (χ0v) is 8.81. The van der Waals surface area contributed by atoms with E-state index in [0.717, 1.165) is 5.69 Å². The zero-order valence-electron chi connectivity index (χ0n) is 8.81. The van der Waals surface area contributed by atoms with Crippen molar-refractivity contribution in [3.05, 3.63) is 30.1 Å². The number of anilines is 1. The molecule has 4 heteroatoms. The zero-order chi connectivity index (χ0) is 10.6. The van der Waals surface area contributed by atoms with Crippen LogP contribution >= 0.6 is 0 Å². The minimum absolute atomic E-state index is 0.272. The maximum atomic E-state index is 5.75. The molecule has 0 saturated carbocycles. The number of nitrogens with zero attached hydrogens (tertiary/aromatic N) is 3. The average Bonchev–Trinajstić information content (AvgIpc) is 2.15. The lowest BCUT2D eigenvalue weighted by molar-refractivity contribution is 0.483. The van der Waals surface area contributed by atoms with Gasteiger partial charge in [0.05, 0.1) is 6.20 Å². The molecule has 0 bridgehead atoms. The van der Waals surface area contributed by atoms with Gasteiger partial charge in [-0.1, -0.05) is 5.21 Å². The number of nitrogen functional groups attached to an aromatic ring is 1. The standard InChI is InChI=1S/C10H16N4/c1-8(2)14-9(3)7-10(11)5-4-6-12-13-14/h4-8H,11H2,1-3H3. The Labute approximate surface area is 84.1 Å². The second-order valence-electron chi connectivity index (χ2n) is 3.44. The summed E-state index contributed by atoms with van der Waals surface area (Å²) in [6.45, 7) is 6.07. The summed E-state index contributed by atoms with van der Waals surface area (Å²) >= 11 is 0. The van der Waals surface area contributed by atoms with Crippen molar-refractivity contribution in [2.45, 2.75) is 26.8 Å². The van der Waals surface area contributed by atoms with Gasteiger partial charge in [-0.05, 0) is 39.0 Å². The van der Waals surface area contributed by atoms with Crippen LogP contribution in [0.25, 0.3) is 0 Å². The topological polar surface area (TPSA) is 56.7 Å². The molecule has 0 atom stereocenters. The third-order valence-electron chi connectivity index (χ3n) is 1.82. The predicted octanol–water partition coefficient (Wildman–Crippen LogP) is 1.87. The molecule has 0 aliphatic rings. The first-order chi connectivity index (χ1) is 6.61. The summed E-state index contributed by atoms with van der Waals surface area (Å²) in [5, 5.41) is 7.98. The summed E-state index contributed by atoms with van der Waals surface area (Å²) in [7, 11) is 0. The highest BCUT2D eigenvalue weighted by atomic mass is 15.4. The van der Waals surface area contributed by atoms with Crippen molar-refractivity contribution >= 4 is 5.69 Å². The van der Waals surface area contributed by atoms with E-state index in [1.807, 2.05) is 17.7 Å². The van der Waals surface area contributed by atoms with Crippen molar-refractivity contribution in [1.29, 1.82) is 0 Å². The highest BCUT2D eigenvalue weighted by Crippen LogP contribution is 2.06. The van der Waals surface area contributed by atoms with Crippen molar-refractivity contribution in [3.8, 4) is 0 Å². The normalized spacial score (nSPS) is 10.0. The van der Waals surface area contributed by atoms with Gasteiger partial charge in [-0.15, -0.1) is 5.10 Å². The molecule has 14 heavy (non-hydrogen) atoms. The molecule has 76 valence electrons. The minimum Gasteiger partial charge on any atom is -0.399 e. The fraction of sp³-hybridized carbons (Fsp3) is 0.400. The molecule has 0 fully saturated rings. The fourth-order valence-corrected chi connectivity index (χ4v) is 1.21. The van der Waals surface area contributed by atoms with E-state index < -0.39 is 0 Å². The van der Waals surface area contributed by atoms with Gasteiger partial charge < -0.3 is 5.73 Å². The van der Waals surface area contributed by atoms with Gasteiger partial charge in [-0.3, -0.25) is 0 Å². The van der Waals surface area contributed by atoms with Gasteiger partial charge in [0.1, 0.15) is 0 Å². The SMILES string of the molecule is Cc1cc(N)cccnnn1C(C)C. The molecule has 1 heterocycles. The van der Waals surface area contributed by atoms with Crippen molar-refractivity contribution in [2.24, 2.45) is 0 Å². The molecule has 2 N–H and O–H groups in total. The fourth-order valence-electron chi connectivity index (χ4n) is 1.21. The van der Waals surface area contributed by atoms with Crippen molar-refractivity contribution in [3.63, 3.8) is 0 Å². The maximum absolute atomic E-state index is 5.75. The second-order valence-corrected chi connectivity index (χ2v) is 3.44. The predicted molar refractivity (Wildman–Crippen MR) is 57.2 cm³/mol. The minimum atomic E-state index is 0.272. The van der Waals surface area contributed by atoms with E-state index in [2.05, 4.69) is 24.2 Å². The monoisotopic (exact) mass is 192 g/mol. The Morgan fingerprint density at radius 3 is 2.79 bits per heavy atom. The lowest BCUT2D eigenvalue weighted by Gasteiger charge is -2.08. The van der Waals surface area contributed by atoms with Gasteiger partial charge in [-0.2, -0.15) is 0 Å². The summed E-state index contributed by atoms with van der Waals surface area (Å²) < 4.78 is 1.83. The van der Waals surface area contributed by atoms with Crippen LogP contribution in [0.15, 0.2) is 24.4 Å². The van der Waals surface area contributed by atoms with E-state index in [0.29, 0.717) is 5.69 Å². The molecule has 4 nitrogen and oxygen atoms in total. The number of rotatable bonds is 1. The van der Waals surface area contributed by atoms with Gasteiger partial charge in [0.25, 0.3) is 0 Å². The summed E-state index contributed by atoms with van der Waals surface area (Å²) in [6.07, 6.45) is 1.62. The molecule has 0 radical (unpaired) electrons. The molecule has 0 unspecified atom stereocenters. The molecule has 0 aromatic carbocycles. The molecule has 0 amide bonds. The van der Waals surface area contributed by atoms with Crippen LogP contribution in [0.1, 0.15) is 25.6 Å². The summed E-state index contributed by atoms with van der Waals surface area (Å²) in [4.78, 5) is 0. The lowest BCUT2D eigenvalue weighted by Crippen LogP contribution is -2.08. The van der Waals surface area contributed by atoms with Crippen molar-refractivity contribution in [1.82, 2.24) is 15.0 Å². The van der Waals surface area contributed by atoms with Crippen LogP contribution < -0.4 is 5.73 Å². The number of nitrogens with two attached hydrogens (primary N) is 1. The van der Waals surface area contributed by atoms with E-state index in [9.17, 15) is 0 Å². The van der Waals surface area contributed by atoms with Gasteiger partial charge >= 0.3 is 0 Å². The van der Waals surface area contributed by atoms with Crippen LogP contribution in [-0.4, -0.2) is 15.0 Å². The molecule has 1 rings (SSSR count). The largest absolute Gasteiger partial charge is 0.399 e. The second kappa shape index (κ2) is 4.60. The van der Waals surface area contributed by atoms with E-state index in [1.165, 1.54) is 0 Å². The van der Waals surface area contributed by atoms with Crippen LogP contribution in [0.3, 0.4) is 0 Å². The number of aromatic nitrogens is 3. The highest BCUT2D eigenvalue weighted by molar-refractivity contribution is 5.35. The summed E-state index contributed by atoms with van der Waals surface area (Å²) in [6, 6.07) is 5.72. The van der Waals surface area contributed by atoms with Gasteiger partial charge in [0.2, 0.25) is 0 Å². The van der Waals surface area contributed by atoms with Crippen molar-refractivity contribution < 1.29 is 0 Å². The molecule has 1 aromatic heterocycles. The van der Waals surface area contributed by atoms with E-state index >= 15 is 0 Å². The summed E-state index contributed by atoms with van der Waals surface area (Å²) in [5.41, 5.74) is 7.44. The molecular weight excluding hydrogens is 176 g/mol. The Kier molecular flexibility index (Phi) is 3.45. The summed E-state index contributed by atoms with van der Waals surface area (Å²) in [5.74, 6) is 0. The molecule has 0 aliphatic carbocycles. The maximum Gasteiger partial charge on any atom is 0.0513 e.